The fourth-order valence-electron chi connectivity index (χ4n) is 3.04. The van der Waals surface area contributed by atoms with E-state index in [1.54, 1.807) is 0 Å². The van der Waals surface area contributed by atoms with Crippen LogP contribution in [0.3, 0.4) is 0 Å². The van der Waals surface area contributed by atoms with Crippen molar-refractivity contribution in [2.45, 2.75) is 80.1 Å². The van der Waals surface area contributed by atoms with Crippen LogP contribution in [0.5, 0.6) is 0 Å². The third kappa shape index (κ3) is 6.22. The first kappa shape index (κ1) is 18.0. The second-order valence-electron chi connectivity index (χ2n) is 6.53. The third-order valence-electron chi connectivity index (χ3n) is 4.53. The van der Waals surface area contributed by atoms with Crippen LogP contribution in [-0.4, -0.2) is 13.1 Å². The normalized spacial score (nSPS) is 16.8. The predicted molar refractivity (Wildman–Crippen MR) is 84.0 cm³/mol. The first-order valence-corrected chi connectivity index (χ1v) is 8.23. The highest BCUT2D eigenvalue weighted by Crippen LogP contribution is 2.39. The number of hydrogen-bond acceptors (Lipinski definition) is 1. The van der Waals surface area contributed by atoms with Crippen molar-refractivity contribution >= 4 is 0 Å². The second-order valence-corrected chi connectivity index (χ2v) is 6.53. The first-order chi connectivity index (χ1) is 8.52. The van der Waals surface area contributed by atoms with Gasteiger partial charge in [0.2, 0.25) is 0 Å². The van der Waals surface area contributed by atoms with E-state index in [4.69, 9.17) is 0 Å². The lowest BCUT2D eigenvalue weighted by molar-refractivity contribution is 0.129. The Kier molecular flexibility index (Phi) is 9.81. The maximum Gasteiger partial charge on any atom is 0.00104 e. The largest absolute Gasteiger partial charge is 0.316 e. The topological polar surface area (TPSA) is 12.0 Å². The Morgan fingerprint density at radius 2 is 1.67 bits per heavy atom. The average Bonchev–Trinajstić information content (AvgIpc) is 2.33. The van der Waals surface area contributed by atoms with Gasteiger partial charge >= 0.3 is 0 Å². The van der Waals surface area contributed by atoms with Gasteiger partial charge in [-0.15, -0.1) is 0 Å². The quantitative estimate of drug-likeness (QED) is 0.531. The Morgan fingerprint density at radius 3 is 2.11 bits per heavy atom. The molecule has 0 rings (SSSR count). The van der Waals surface area contributed by atoms with Crippen LogP contribution in [0.2, 0.25) is 0 Å². The highest BCUT2D eigenvalue weighted by Gasteiger charge is 2.32. The molecule has 0 heterocycles. The van der Waals surface area contributed by atoms with Gasteiger partial charge in [-0.3, -0.25) is 0 Å². The van der Waals surface area contributed by atoms with Gasteiger partial charge in [-0.05, 0) is 36.6 Å². The summed E-state index contributed by atoms with van der Waals surface area (Å²) in [6.45, 7) is 16.4. The SMILES string of the molecule is CCCCC(CC)(CNCC(C)C)C(C)CCC. The van der Waals surface area contributed by atoms with E-state index in [1.165, 1.54) is 45.1 Å². The third-order valence-corrected chi connectivity index (χ3v) is 4.53. The summed E-state index contributed by atoms with van der Waals surface area (Å²) in [6.07, 6.45) is 8.11. The van der Waals surface area contributed by atoms with E-state index in [2.05, 4.69) is 46.9 Å². The summed E-state index contributed by atoms with van der Waals surface area (Å²) >= 11 is 0. The number of hydrogen-bond donors (Lipinski definition) is 1. The van der Waals surface area contributed by atoms with Crippen LogP contribution in [-0.2, 0) is 0 Å². The molecule has 0 aromatic rings. The molecule has 1 nitrogen and oxygen atoms in total. The zero-order chi connectivity index (χ0) is 14.0. The van der Waals surface area contributed by atoms with Gasteiger partial charge in [0.05, 0.1) is 0 Å². The molecule has 110 valence electrons. The van der Waals surface area contributed by atoms with Gasteiger partial charge in [-0.25, -0.2) is 0 Å². The minimum Gasteiger partial charge on any atom is -0.316 e. The molecule has 0 saturated heterocycles. The number of nitrogens with one attached hydrogen (secondary N) is 1. The summed E-state index contributed by atoms with van der Waals surface area (Å²) in [7, 11) is 0. The van der Waals surface area contributed by atoms with Gasteiger partial charge in [0.1, 0.15) is 0 Å². The van der Waals surface area contributed by atoms with Crippen LogP contribution in [0.25, 0.3) is 0 Å². The molecular weight excluding hydrogens is 218 g/mol. The van der Waals surface area contributed by atoms with Crippen molar-refractivity contribution < 1.29 is 0 Å². The van der Waals surface area contributed by atoms with Gasteiger partial charge in [-0.1, -0.05) is 67.2 Å². The molecule has 0 aliphatic rings. The van der Waals surface area contributed by atoms with E-state index < -0.39 is 0 Å². The van der Waals surface area contributed by atoms with E-state index in [0.717, 1.165) is 18.4 Å². The van der Waals surface area contributed by atoms with Gasteiger partial charge < -0.3 is 5.32 Å². The molecule has 0 aromatic carbocycles. The molecule has 1 N–H and O–H groups in total. The van der Waals surface area contributed by atoms with E-state index in [9.17, 15) is 0 Å². The summed E-state index contributed by atoms with van der Waals surface area (Å²) in [5, 5.41) is 3.72. The Hall–Kier alpha value is -0.0400. The molecule has 0 aliphatic heterocycles. The molecule has 0 fully saturated rings. The Bertz CT molecular complexity index is 188. The monoisotopic (exact) mass is 255 g/mol. The molecule has 0 saturated carbocycles. The number of rotatable bonds is 11. The molecule has 2 atom stereocenters. The summed E-state index contributed by atoms with van der Waals surface area (Å²) in [5.74, 6) is 1.60. The minimum atomic E-state index is 0.529. The van der Waals surface area contributed by atoms with E-state index in [1.807, 2.05) is 0 Å². The maximum absolute atomic E-state index is 3.72. The standard InChI is InChI=1S/C17H37N/c1-7-10-12-17(9-3,16(6)11-8-2)14-18-13-15(4)5/h15-16,18H,7-14H2,1-6H3. The molecular formula is C17H37N. The van der Waals surface area contributed by atoms with Crippen molar-refractivity contribution in [3.05, 3.63) is 0 Å². The molecule has 0 spiro atoms. The molecule has 2 unspecified atom stereocenters. The fourth-order valence-corrected chi connectivity index (χ4v) is 3.04. The smallest absolute Gasteiger partial charge is 0.00104 e. The van der Waals surface area contributed by atoms with Crippen LogP contribution in [0, 0.1) is 17.3 Å². The zero-order valence-electron chi connectivity index (χ0n) is 13.8. The molecule has 0 radical (unpaired) electrons. The minimum absolute atomic E-state index is 0.529. The molecule has 0 amide bonds. The van der Waals surface area contributed by atoms with Crippen molar-refractivity contribution in [3.63, 3.8) is 0 Å². The van der Waals surface area contributed by atoms with Crippen molar-refractivity contribution in [3.8, 4) is 0 Å². The van der Waals surface area contributed by atoms with E-state index in [-0.39, 0.29) is 0 Å². The van der Waals surface area contributed by atoms with E-state index in [0.29, 0.717) is 5.41 Å². The summed E-state index contributed by atoms with van der Waals surface area (Å²) in [4.78, 5) is 0. The van der Waals surface area contributed by atoms with Crippen molar-refractivity contribution in [1.29, 1.82) is 0 Å². The average molecular weight is 255 g/mol. The van der Waals surface area contributed by atoms with Gasteiger partial charge in [0, 0.05) is 6.54 Å². The molecule has 0 aromatic heterocycles. The second kappa shape index (κ2) is 9.83. The lowest BCUT2D eigenvalue weighted by Crippen LogP contribution is -2.40. The van der Waals surface area contributed by atoms with Crippen LogP contribution in [0.15, 0.2) is 0 Å². The molecule has 0 aliphatic carbocycles. The van der Waals surface area contributed by atoms with Crippen LogP contribution >= 0.6 is 0 Å². The zero-order valence-corrected chi connectivity index (χ0v) is 13.8. The lowest BCUT2D eigenvalue weighted by Gasteiger charge is -2.39. The van der Waals surface area contributed by atoms with Crippen LogP contribution in [0.1, 0.15) is 80.1 Å². The fraction of sp³-hybridized carbons (Fsp3) is 1.00. The van der Waals surface area contributed by atoms with Crippen LogP contribution in [0.4, 0.5) is 0 Å². The highest BCUT2D eigenvalue weighted by atomic mass is 14.9. The van der Waals surface area contributed by atoms with Crippen molar-refractivity contribution in [1.82, 2.24) is 5.32 Å². The number of unbranched alkanes of at least 4 members (excludes halogenated alkanes) is 1. The van der Waals surface area contributed by atoms with Crippen molar-refractivity contribution in [2.75, 3.05) is 13.1 Å². The molecule has 0 bridgehead atoms. The molecule has 18 heavy (non-hydrogen) atoms. The maximum atomic E-state index is 3.72. The predicted octanol–water partition coefficient (Wildman–Crippen LogP) is 5.25. The Morgan fingerprint density at radius 1 is 1.00 bits per heavy atom. The molecule has 1 heteroatoms. The van der Waals surface area contributed by atoms with E-state index >= 15 is 0 Å². The lowest BCUT2D eigenvalue weighted by atomic mass is 9.69. The van der Waals surface area contributed by atoms with Gasteiger partial charge in [0.25, 0.3) is 0 Å². The summed E-state index contributed by atoms with van der Waals surface area (Å²) < 4.78 is 0. The first-order valence-electron chi connectivity index (χ1n) is 8.23. The van der Waals surface area contributed by atoms with Crippen LogP contribution < -0.4 is 5.32 Å². The van der Waals surface area contributed by atoms with Gasteiger partial charge in [-0.2, -0.15) is 0 Å². The van der Waals surface area contributed by atoms with Gasteiger partial charge in [0.15, 0.2) is 0 Å². The highest BCUT2D eigenvalue weighted by molar-refractivity contribution is 4.85. The summed E-state index contributed by atoms with van der Waals surface area (Å²) in [6, 6.07) is 0. The summed E-state index contributed by atoms with van der Waals surface area (Å²) in [5.41, 5.74) is 0.529. The Balaban J connectivity index is 4.52. The van der Waals surface area contributed by atoms with Crippen molar-refractivity contribution in [2.24, 2.45) is 17.3 Å². The Labute approximate surface area is 116 Å².